The number of rotatable bonds is 11. The van der Waals surface area contributed by atoms with Gasteiger partial charge in [0.1, 0.15) is 0 Å². The van der Waals surface area contributed by atoms with E-state index in [0.717, 1.165) is 3.93 Å². The Kier molecular flexibility index (Phi) is 7.50. The summed E-state index contributed by atoms with van der Waals surface area (Å²) in [7, 11) is 0. The molecule has 1 aromatic rings. The topological polar surface area (TPSA) is 0 Å². The molecule has 1 aliphatic carbocycles. The second-order valence-corrected chi connectivity index (χ2v) is 22.3. The Morgan fingerprint density at radius 1 is 0.870 bits per heavy atom. The van der Waals surface area contributed by atoms with Crippen molar-refractivity contribution in [2.24, 2.45) is 0 Å². The standard InChI is InChI=1S/C10H11.3C4H9.Sn/c1-10(7-8-10)9-5-3-2-4-6-9;3*1-3-4-2;/h2-7H,8H2,1H3;3*1,3-4H2,2H3;/t10-;;;;/m0..../s1. The van der Waals surface area contributed by atoms with Crippen LogP contribution in [0.4, 0.5) is 0 Å². The molecular weight excluding hydrogens is 383 g/mol. The molecule has 0 N–H and O–H groups in total. The van der Waals surface area contributed by atoms with Gasteiger partial charge in [0.25, 0.3) is 0 Å². The van der Waals surface area contributed by atoms with Crippen molar-refractivity contribution in [3.8, 4) is 0 Å². The van der Waals surface area contributed by atoms with Gasteiger partial charge in [-0.25, -0.2) is 0 Å². The van der Waals surface area contributed by atoms with Gasteiger partial charge in [-0.2, -0.15) is 0 Å². The van der Waals surface area contributed by atoms with Crippen LogP contribution >= 0.6 is 0 Å². The third kappa shape index (κ3) is 4.55. The van der Waals surface area contributed by atoms with Crippen molar-refractivity contribution in [1.82, 2.24) is 0 Å². The fourth-order valence-corrected chi connectivity index (χ4v) is 25.8. The zero-order valence-electron chi connectivity index (χ0n) is 16.0. The first kappa shape index (κ1) is 19.3. The van der Waals surface area contributed by atoms with Crippen molar-refractivity contribution in [3.63, 3.8) is 0 Å². The van der Waals surface area contributed by atoms with Gasteiger partial charge in [0.15, 0.2) is 0 Å². The molecule has 0 heterocycles. The molecule has 0 unspecified atom stereocenters. The van der Waals surface area contributed by atoms with Gasteiger partial charge in [-0.1, -0.05) is 0 Å². The first-order chi connectivity index (χ1) is 11.1. The van der Waals surface area contributed by atoms with Gasteiger partial charge in [0.05, 0.1) is 0 Å². The quantitative estimate of drug-likeness (QED) is 0.323. The van der Waals surface area contributed by atoms with Crippen LogP contribution in [-0.2, 0) is 5.41 Å². The van der Waals surface area contributed by atoms with Crippen molar-refractivity contribution in [1.29, 1.82) is 0 Å². The molecule has 1 saturated carbocycles. The summed E-state index contributed by atoms with van der Waals surface area (Å²) in [6, 6.07) is 11.5. The van der Waals surface area contributed by atoms with Gasteiger partial charge in [-0.05, 0) is 0 Å². The van der Waals surface area contributed by atoms with Crippen molar-refractivity contribution in [3.05, 3.63) is 35.9 Å². The normalized spacial score (nSPS) is 23.9. The second kappa shape index (κ2) is 8.92. The summed E-state index contributed by atoms with van der Waals surface area (Å²) >= 11 is -2.04. The fourth-order valence-electron chi connectivity index (χ4n) is 4.88. The predicted molar refractivity (Wildman–Crippen MR) is 107 cm³/mol. The van der Waals surface area contributed by atoms with Crippen LogP contribution in [0.15, 0.2) is 30.3 Å². The van der Waals surface area contributed by atoms with Crippen LogP contribution in [0.25, 0.3) is 0 Å². The summed E-state index contributed by atoms with van der Waals surface area (Å²) < 4.78 is 6.11. The molecule has 1 heteroatoms. The van der Waals surface area contributed by atoms with E-state index < -0.39 is 18.4 Å². The molecule has 2 atom stereocenters. The van der Waals surface area contributed by atoms with E-state index in [-0.39, 0.29) is 0 Å². The zero-order chi connectivity index (χ0) is 16.8. The van der Waals surface area contributed by atoms with Crippen LogP contribution in [-0.4, -0.2) is 18.4 Å². The van der Waals surface area contributed by atoms with E-state index in [1.165, 1.54) is 44.9 Å². The summed E-state index contributed by atoms with van der Waals surface area (Å²) in [5, 5.41) is 0. The molecule has 2 rings (SSSR count). The van der Waals surface area contributed by atoms with Crippen LogP contribution in [0.5, 0.6) is 0 Å². The molecule has 0 saturated heterocycles. The van der Waals surface area contributed by atoms with Gasteiger partial charge in [-0.3, -0.25) is 0 Å². The van der Waals surface area contributed by atoms with E-state index in [4.69, 9.17) is 0 Å². The average molecular weight is 421 g/mol. The van der Waals surface area contributed by atoms with E-state index in [9.17, 15) is 0 Å². The summed E-state index contributed by atoms with van der Waals surface area (Å²) in [5.41, 5.74) is 2.17. The molecule has 0 nitrogen and oxygen atoms in total. The van der Waals surface area contributed by atoms with Crippen molar-refractivity contribution >= 4 is 18.4 Å². The summed E-state index contributed by atoms with van der Waals surface area (Å²) in [4.78, 5) is 0. The van der Waals surface area contributed by atoms with Gasteiger partial charge in [-0.15, -0.1) is 0 Å². The van der Waals surface area contributed by atoms with E-state index in [0.29, 0.717) is 5.41 Å². The Morgan fingerprint density at radius 2 is 1.35 bits per heavy atom. The molecule has 23 heavy (non-hydrogen) atoms. The van der Waals surface area contributed by atoms with Crippen LogP contribution in [0, 0.1) is 0 Å². The van der Waals surface area contributed by atoms with Gasteiger partial charge >= 0.3 is 150 Å². The van der Waals surface area contributed by atoms with E-state index in [1.807, 2.05) is 0 Å². The Labute approximate surface area is 149 Å². The van der Waals surface area contributed by atoms with Crippen molar-refractivity contribution < 1.29 is 0 Å². The Balaban J connectivity index is 2.21. The monoisotopic (exact) mass is 422 g/mol. The fraction of sp³-hybridized carbons (Fsp3) is 0.727. The van der Waals surface area contributed by atoms with Gasteiger partial charge in [0.2, 0.25) is 0 Å². The SMILES string of the molecule is CCC[CH2][Sn]([CH2]CCC)([CH2]CCC)[C@@H]1C[C@@]1(C)c1ccccc1. The van der Waals surface area contributed by atoms with Crippen LogP contribution in [0.2, 0.25) is 17.2 Å². The molecule has 1 aromatic carbocycles. The minimum absolute atomic E-state index is 0.534. The Bertz CT molecular complexity index is 431. The van der Waals surface area contributed by atoms with E-state index >= 15 is 0 Å². The Morgan fingerprint density at radius 3 is 1.78 bits per heavy atom. The third-order valence-corrected chi connectivity index (χ3v) is 24.7. The summed E-state index contributed by atoms with van der Waals surface area (Å²) in [5.74, 6) is 0. The Hall–Kier alpha value is 0.0187. The third-order valence-electron chi connectivity index (χ3n) is 6.49. The number of benzene rings is 1. The molecule has 0 bridgehead atoms. The molecule has 1 aliphatic rings. The zero-order valence-corrected chi connectivity index (χ0v) is 18.9. The minimum atomic E-state index is -2.04. The predicted octanol–water partition coefficient (Wildman–Crippen LogP) is 7.57. The van der Waals surface area contributed by atoms with E-state index in [2.05, 4.69) is 58.0 Å². The molecule has 0 amide bonds. The molecule has 0 aliphatic heterocycles. The van der Waals surface area contributed by atoms with Crippen LogP contribution in [0.1, 0.15) is 78.2 Å². The molecule has 0 radical (unpaired) electrons. The summed E-state index contributed by atoms with van der Waals surface area (Å²) in [6.45, 7) is 9.75. The first-order valence-electron chi connectivity index (χ1n) is 10.2. The number of unbranched alkanes of at least 4 members (excludes halogenated alkanes) is 3. The number of hydrogen-bond acceptors (Lipinski definition) is 0. The van der Waals surface area contributed by atoms with Gasteiger partial charge < -0.3 is 0 Å². The summed E-state index contributed by atoms with van der Waals surface area (Å²) in [6.07, 6.45) is 10.2. The molecule has 130 valence electrons. The maximum absolute atomic E-state index is 2.59. The number of hydrogen-bond donors (Lipinski definition) is 0. The molecular formula is C22H38Sn. The molecule has 0 spiro atoms. The van der Waals surface area contributed by atoms with Crippen LogP contribution < -0.4 is 0 Å². The second-order valence-electron chi connectivity index (χ2n) is 8.21. The van der Waals surface area contributed by atoms with Crippen molar-refractivity contribution in [2.75, 3.05) is 0 Å². The molecule has 0 aromatic heterocycles. The first-order valence-corrected chi connectivity index (χ1v) is 17.9. The molecule has 1 fully saturated rings. The maximum atomic E-state index is 2.59. The van der Waals surface area contributed by atoms with Crippen molar-refractivity contribution in [2.45, 2.75) is 95.3 Å². The average Bonchev–Trinajstić information content (AvgIpc) is 3.29. The van der Waals surface area contributed by atoms with E-state index in [1.54, 1.807) is 18.9 Å². The van der Waals surface area contributed by atoms with Crippen LogP contribution in [0.3, 0.4) is 0 Å². The van der Waals surface area contributed by atoms with Gasteiger partial charge in [0, 0.05) is 0 Å².